The molecule has 1 heterocycles. The molecule has 0 aliphatic rings. The Balaban J connectivity index is 1.86. The number of amides is 1. The number of carbonyl (C=O) groups excluding carboxylic acids is 1. The van der Waals surface area contributed by atoms with Gasteiger partial charge in [0.1, 0.15) is 5.84 Å². The second kappa shape index (κ2) is 7.92. The number of carbonyl (C=O) groups is 1. The van der Waals surface area contributed by atoms with Gasteiger partial charge in [-0.2, -0.15) is 0 Å². The molecule has 2 rings (SSSR count). The van der Waals surface area contributed by atoms with E-state index in [0.29, 0.717) is 6.42 Å². The van der Waals surface area contributed by atoms with Gasteiger partial charge in [0.25, 0.3) is 5.91 Å². The Morgan fingerprint density at radius 2 is 1.96 bits per heavy atom. The maximum Gasteiger partial charge on any atom is 0.265 e. The summed E-state index contributed by atoms with van der Waals surface area (Å²) in [4.78, 5) is 21.3. The van der Waals surface area contributed by atoms with Gasteiger partial charge in [-0.25, -0.2) is 4.98 Å². The van der Waals surface area contributed by atoms with Crippen LogP contribution in [0, 0.1) is 27.7 Å². The molecule has 0 aliphatic carbocycles. The molecule has 0 saturated heterocycles. The number of amidine groups is 1. The van der Waals surface area contributed by atoms with Gasteiger partial charge < -0.3 is 15.9 Å². The van der Waals surface area contributed by atoms with E-state index in [1.54, 1.807) is 11.3 Å². The fourth-order valence-electron chi connectivity index (χ4n) is 2.43. The number of hydrogen-bond acceptors (Lipinski definition) is 5. The van der Waals surface area contributed by atoms with Crippen molar-refractivity contribution in [1.29, 1.82) is 0 Å². The molecule has 0 aliphatic heterocycles. The van der Waals surface area contributed by atoms with Crippen LogP contribution in [0.25, 0.3) is 0 Å². The Bertz CT molecular complexity index is 745. The zero-order chi connectivity index (χ0) is 17.7. The van der Waals surface area contributed by atoms with E-state index in [0.717, 1.165) is 33.1 Å². The minimum Gasteiger partial charge on any atom is -0.384 e. The first-order chi connectivity index (χ1) is 11.3. The van der Waals surface area contributed by atoms with E-state index >= 15 is 0 Å². The molecule has 128 valence electrons. The van der Waals surface area contributed by atoms with Crippen LogP contribution < -0.4 is 11.1 Å². The van der Waals surface area contributed by atoms with Gasteiger partial charge in [-0.3, -0.25) is 4.79 Å². The van der Waals surface area contributed by atoms with Crippen LogP contribution in [0.3, 0.4) is 0 Å². The first kappa shape index (κ1) is 17.9. The monoisotopic (exact) mass is 346 g/mol. The summed E-state index contributed by atoms with van der Waals surface area (Å²) in [6.45, 7) is 7.68. The van der Waals surface area contributed by atoms with Gasteiger partial charge >= 0.3 is 0 Å². The minimum absolute atomic E-state index is 0.191. The van der Waals surface area contributed by atoms with Crippen molar-refractivity contribution in [3.63, 3.8) is 0 Å². The predicted octanol–water partition coefficient (Wildman–Crippen LogP) is 2.85. The zero-order valence-corrected chi connectivity index (χ0v) is 15.2. The lowest BCUT2D eigenvalue weighted by Crippen LogP contribution is -2.21. The second-order valence-electron chi connectivity index (χ2n) is 5.71. The summed E-state index contributed by atoms with van der Waals surface area (Å²) >= 11 is 1.55. The van der Waals surface area contributed by atoms with Crippen LogP contribution in [-0.2, 0) is 16.1 Å². The van der Waals surface area contributed by atoms with Crippen molar-refractivity contribution >= 4 is 28.8 Å². The fourth-order valence-corrected chi connectivity index (χ4v) is 3.05. The lowest BCUT2D eigenvalue weighted by Gasteiger charge is -2.12. The molecule has 0 fully saturated rings. The topological polar surface area (TPSA) is 89.6 Å². The predicted molar refractivity (Wildman–Crippen MR) is 97.4 cm³/mol. The number of nitrogens with two attached hydrogens (primary N) is 1. The quantitative estimate of drug-likeness (QED) is 0.478. The van der Waals surface area contributed by atoms with Crippen molar-refractivity contribution in [2.24, 2.45) is 10.9 Å². The number of thiazole rings is 1. The van der Waals surface area contributed by atoms with Crippen LogP contribution in [0.5, 0.6) is 0 Å². The van der Waals surface area contributed by atoms with E-state index < -0.39 is 0 Å². The largest absolute Gasteiger partial charge is 0.384 e. The molecular weight excluding hydrogens is 324 g/mol. The van der Waals surface area contributed by atoms with Gasteiger partial charge in [-0.05, 0) is 38.8 Å². The molecule has 1 amide bonds. The zero-order valence-electron chi connectivity index (χ0n) is 14.3. The molecule has 0 atom stereocenters. The van der Waals surface area contributed by atoms with Crippen LogP contribution in [0.1, 0.15) is 27.4 Å². The Kier molecular flexibility index (Phi) is 5.92. The van der Waals surface area contributed by atoms with E-state index in [9.17, 15) is 4.79 Å². The average Bonchev–Trinajstić information content (AvgIpc) is 2.88. The maximum absolute atomic E-state index is 12.0. The number of anilines is 1. The van der Waals surface area contributed by atoms with Crippen molar-refractivity contribution in [1.82, 2.24) is 4.98 Å². The van der Waals surface area contributed by atoms with Gasteiger partial charge in [0.15, 0.2) is 6.61 Å². The van der Waals surface area contributed by atoms with Crippen molar-refractivity contribution in [2.75, 3.05) is 11.9 Å². The highest BCUT2D eigenvalue weighted by Crippen LogP contribution is 2.21. The summed E-state index contributed by atoms with van der Waals surface area (Å²) in [5, 5.41) is 9.51. The molecule has 0 saturated carbocycles. The molecule has 0 bridgehead atoms. The van der Waals surface area contributed by atoms with E-state index in [4.69, 9.17) is 10.6 Å². The Hall–Kier alpha value is -2.41. The molecule has 24 heavy (non-hydrogen) atoms. The maximum atomic E-state index is 12.0. The van der Waals surface area contributed by atoms with Crippen LogP contribution in [0.4, 0.5) is 5.69 Å². The minimum atomic E-state index is -0.272. The van der Waals surface area contributed by atoms with Crippen LogP contribution in [-0.4, -0.2) is 23.3 Å². The number of aryl methyl sites for hydroxylation is 4. The number of oxime groups is 1. The number of rotatable bonds is 6. The molecular formula is C17H22N4O2S. The van der Waals surface area contributed by atoms with E-state index in [-0.39, 0.29) is 18.3 Å². The molecule has 3 N–H and O–H groups in total. The van der Waals surface area contributed by atoms with Crippen molar-refractivity contribution in [3.05, 3.63) is 44.9 Å². The molecule has 0 unspecified atom stereocenters. The molecule has 7 heteroatoms. The summed E-state index contributed by atoms with van der Waals surface area (Å²) in [6, 6.07) is 4.05. The highest BCUT2D eigenvalue weighted by molar-refractivity contribution is 7.09. The normalized spacial score (nSPS) is 11.4. The number of hydrogen-bond donors (Lipinski definition) is 2. The van der Waals surface area contributed by atoms with Gasteiger partial charge in [-0.15, -0.1) is 11.3 Å². The van der Waals surface area contributed by atoms with Gasteiger partial charge in [0.2, 0.25) is 0 Å². The SMILES string of the molecule is Cc1cc(C)c(NC(=O)CO/N=C(\N)Cc2csc(C)n2)c(C)c1. The second-order valence-corrected chi connectivity index (χ2v) is 6.77. The third-order valence-corrected chi connectivity index (χ3v) is 4.17. The van der Waals surface area contributed by atoms with Crippen molar-refractivity contribution < 1.29 is 9.63 Å². The summed E-state index contributed by atoms with van der Waals surface area (Å²) in [6.07, 6.45) is 0.405. The van der Waals surface area contributed by atoms with Gasteiger partial charge in [0, 0.05) is 11.1 Å². The molecule has 0 spiro atoms. The van der Waals surface area contributed by atoms with Gasteiger partial charge in [-0.1, -0.05) is 22.9 Å². The Morgan fingerprint density at radius 3 is 2.54 bits per heavy atom. The molecule has 2 aromatic rings. The highest BCUT2D eigenvalue weighted by Gasteiger charge is 2.09. The first-order valence-electron chi connectivity index (χ1n) is 7.58. The van der Waals surface area contributed by atoms with Crippen LogP contribution in [0.2, 0.25) is 0 Å². The Labute approximate surface area is 145 Å². The summed E-state index contributed by atoms with van der Waals surface area (Å²) in [5.41, 5.74) is 10.6. The first-order valence-corrected chi connectivity index (χ1v) is 8.46. The Morgan fingerprint density at radius 1 is 1.29 bits per heavy atom. The van der Waals surface area contributed by atoms with Gasteiger partial charge in [0.05, 0.1) is 17.1 Å². The van der Waals surface area contributed by atoms with E-state index in [1.807, 2.05) is 45.2 Å². The average molecular weight is 346 g/mol. The third kappa shape index (κ3) is 5.06. The van der Waals surface area contributed by atoms with Crippen LogP contribution >= 0.6 is 11.3 Å². The molecule has 6 nitrogen and oxygen atoms in total. The molecule has 1 aromatic heterocycles. The lowest BCUT2D eigenvalue weighted by atomic mass is 10.1. The lowest BCUT2D eigenvalue weighted by molar-refractivity contribution is -0.120. The number of aromatic nitrogens is 1. The number of nitrogens with one attached hydrogen (secondary N) is 1. The summed E-state index contributed by atoms with van der Waals surface area (Å²) < 4.78 is 0. The smallest absolute Gasteiger partial charge is 0.265 e. The van der Waals surface area contributed by atoms with E-state index in [2.05, 4.69) is 15.5 Å². The van der Waals surface area contributed by atoms with Crippen molar-refractivity contribution in [3.8, 4) is 0 Å². The third-order valence-electron chi connectivity index (χ3n) is 3.35. The fraction of sp³-hybridized carbons (Fsp3) is 0.353. The molecule has 0 radical (unpaired) electrons. The highest BCUT2D eigenvalue weighted by atomic mass is 32.1. The van der Waals surface area contributed by atoms with E-state index in [1.165, 1.54) is 0 Å². The number of benzene rings is 1. The standard InChI is InChI=1S/C17H22N4O2S/c1-10-5-11(2)17(12(3)6-10)20-16(22)8-23-21-15(18)7-14-9-24-13(4)19-14/h5-6,9H,7-8H2,1-4H3,(H2,18,21)(H,20,22). The summed E-state index contributed by atoms with van der Waals surface area (Å²) in [7, 11) is 0. The van der Waals surface area contributed by atoms with Crippen molar-refractivity contribution in [2.45, 2.75) is 34.1 Å². The van der Waals surface area contributed by atoms with Crippen LogP contribution in [0.15, 0.2) is 22.7 Å². The molecule has 1 aromatic carbocycles. The number of nitrogens with zero attached hydrogens (tertiary/aromatic N) is 2. The summed E-state index contributed by atoms with van der Waals surface area (Å²) in [5.74, 6) is 0.0157.